The average Bonchev–Trinajstić information content (AvgIpc) is 2.42. The summed E-state index contributed by atoms with van der Waals surface area (Å²) < 4.78 is 26.7. The van der Waals surface area contributed by atoms with Gasteiger partial charge >= 0.3 is 0 Å². The van der Waals surface area contributed by atoms with Crippen molar-refractivity contribution in [3.05, 3.63) is 23.8 Å². The summed E-state index contributed by atoms with van der Waals surface area (Å²) in [6, 6.07) is 4.85. The second-order valence-corrected chi connectivity index (χ2v) is 6.52. The van der Waals surface area contributed by atoms with Gasteiger partial charge < -0.3 is 10.8 Å². The number of nitrogen functional groups attached to an aromatic ring is 1. The summed E-state index contributed by atoms with van der Waals surface area (Å²) in [6.45, 7) is 2.57. The lowest BCUT2D eigenvalue weighted by molar-refractivity contribution is 0.282. The molecule has 0 bridgehead atoms. The van der Waals surface area contributed by atoms with Crippen LogP contribution in [0, 0.1) is 0 Å². The van der Waals surface area contributed by atoms with Crippen LogP contribution in [-0.2, 0) is 16.4 Å². The Morgan fingerprint density at radius 2 is 1.90 bits per heavy atom. The molecule has 0 amide bonds. The Morgan fingerprint density at radius 1 is 1.20 bits per heavy atom. The second-order valence-electron chi connectivity index (χ2n) is 4.75. The van der Waals surface area contributed by atoms with Crippen LogP contribution in [0.3, 0.4) is 0 Å². The van der Waals surface area contributed by atoms with Crippen molar-refractivity contribution < 1.29 is 13.5 Å². The number of rotatable bonds is 9. The molecule has 1 aromatic rings. The Bertz CT molecular complexity index is 515. The van der Waals surface area contributed by atoms with Crippen molar-refractivity contribution in [3.8, 4) is 0 Å². The Kier molecular flexibility index (Phi) is 6.98. The first kappa shape index (κ1) is 16.9. The molecule has 1 aromatic carbocycles. The largest absolute Gasteiger partial charge is 0.398 e. The van der Waals surface area contributed by atoms with Crippen molar-refractivity contribution in [1.82, 2.24) is 4.72 Å². The molecule has 0 aliphatic carbocycles. The molecule has 1 rings (SSSR count). The summed E-state index contributed by atoms with van der Waals surface area (Å²) in [6.07, 6.45) is 4.13. The van der Waals surface area contributed by atoms with Gasteiger partial charge in [0.15, 0.2) is 0 Å². The van der Waals surface area contributed by atoms with Gasteiger partial charge in [-0.25, -0.2) is 13.1 Å². The molecule has 0 aliphatic rings. The lowest BCUT2D eigenvalue weighted by atomic mass is 10.1. The second kappa shape index (κ2) is 8.24. The number of hydrogen-bond acceptors (Lipinski definition) is 4. The molecule has 0 aromatic heterocycles. The normalized spacial score (nSPS) is 11.7. The van der Waals surface area contributed by atoms with E-state index >= 15 is 0 Å². The third kappa shape index (κ3) is 5.11. The molecule has 0 unspecified atom stereocenters. The summed E-state index contributed by atoms with van der Waals surface area (Å²) in [7, 11) is -3.48. The molecule has 0 aliphatic heterocycles. The lowest BCUT2D eigenvalue weighted by Crippen LogP contribution is -2.25. The summed E-state index contributed by atoms with van der Waals surface area (Å²) in [4.78, 5) is 0.211. The first-order chi connectivity index (χ1) is 9.51. The van der Waals surface area contributed by atoms with Crippen LogP contribution in [0.15, 0.2) is 23.1 Å². The van der Waals surface area contributed by atoms with Crippen LogP contribution in [0.5, 0.6) is 0 Å². The van der Waals surface area contributed by atoms with Gasteiger partial charge in [0.25, 0.3) is 0 Å². The molecule has 0 atom stereocenters. The zero-order chi connectivity index (χ0) is 15.0. The van der Waals surface area contributed by atoms with Gasteiger partial charge in [0.05, 0.1) is 4.90 Å². The first-order valence-corrected chi connectivity index (χ1v) is 8.48. The van der Waals surface area contributed by atoms with E-state index in [2.05, 4.69) is 4.72 Å². The summed E-state index contributed by atoms with van der Waals surface area (Å²) in [5.74, 6) is 0. The number of aliphatic hydroxyl groups excluding tert-OH is 1. The number of sulfonamides is 1. The van der Waals surface area contributed by atoms with Gasteiger partial charge in [0.2, 0.25) is 10.0 Å². The smallest absolute Gasteiger partial charge is 0.240 e. The molecule has 0 fully saturated rings. The maximum atomic E-state index is 12.1. The van der Waals surface area contributed by atoms with Crippen molar-refractivity contribution in [1.29, 1.82) is 0 Å². The fraction of sp³-hybridized carbons (Fsp3) is 0.571. The topological polar surface area (TPSA) is 92.4 Å². The first-order valence-electron chi connectivity index (χ1n) is 7.00. The molecule has 4 N–H and O–H groups in total. The quantitative estimate of drug-likeness (QED) is 0.478. The van der Waals surface area contributed by atoms with Gasteiger partial charge in [-0.3, -0.25) is 0 Å². The Morgan fingerprint density at radius 3 is 2.50 bits per heavy atom. The molecule has 0 spiro atoms. The van der Waals surface area contributed by atoms with Gasteiger partial charge in [-0.05, 0) is 37.0 Å². The fourth-order valence-corrected chi connectivity index (χ4v) is 3.05. The van der Waals surface area contributed by atoms with E-state index in [4.69, 9.17) is 10.8 Å². The van der Waals surface area contributed by atoms with Crippen molar-refractivity contribution >= 4 is 15.7 Å². The van der Waals surface area contributed by atoms with Crippen LogP contribution < -0.4 is 10.5 Å². The van der Waals surface area contributed by atoms with Crippen LogP contribution in [0.1, 0.15) is 38.2 Å². The number of nitrogens with one attached hydrogen (secondary N) is 1. The minimum atomic E-state index is -3.48. The van der Waals surface area contributed by atoms with Crippen molar-refractivity contribution in [2.75, 3.05) is 18.9 Å². The highest BCUT2D eigenvalue weighted by Gasteiger charge is 2.14. The van der Waals surface area contributed by atoms with E-state index in [0.717, 1.165) is 37.7 Å². The third-order valence-corrected chi connectivity index (χ3v) is 4.64. The highest BCUT2D eigenvalue weighted by molar-refractivity contribution is 7.89. The molecule has 20 heavy (non-hydrogen) atoms. The van der Waals surface area contributed by atoms with Crippen LogP contribution >= 0.6 is 0 Å². The average molecular weight is 300 g/mol. The Labute approximate surface area is 121 Å². The number of aryl methyl sites for hydroxylation is 1. The van der Waals surface area contributed by atoms with E-state index in [9.17, 15) is 8.42 Å². The zero-order valence-electron chi connectivity index (χ0n) is 11.9. The molecule has 0 saturated carbocycles. The Balaban J connectivity index is 2.54. The SMILES string of the molecule is CCc1ccc(S(=O)(=O)NCCCCCCO)cc1N. The van der Waals surface area contributed by atoms with E-state index in [0.29, 0.717) is 12.2 Å². The zero-order valence-corrected chi connectivity index (χ0v) is 12.7. The van der Waals surface area contributed by atoms with Crippen LogP contribution in [0.2, 0.25) is 0 Å². The monoisotopic (exact) mass is 300 g/mol. The number of hydrogen-bond donors (Lipinski definition) is 3. The van der Waals surface area contributed by atoms with Gasteiger partial charge in [-0.1, -0.05) is 25.8 Å². The molecule has 5 nitrogen and oxygen atoms in total. The molecule has 0 saturated heterocycles. The predicted molar refractivity (Wildman–Crippen MR) is 81.0 cm³/mol. The minimum Gasteiger partial charge on any atom is -0.398 e. The number of nitrogens with two attached hydrogens (primary N) is 1. The molecule has 0 radical (unpaired) electrons. The van der Waals surface area contributed by atoms with E-state index in [1.165, 1.54) is 6.07 Å². The van der Waals surface area contributed by atoms with E-state index in [1.807, 2.05) is 6.92 Å². The predicted octanol–water partition coefficient (Wildman–Crippen LogP) is 1.66. The third-order valence-electron chi connectivity index (χ3n) is 3.19. The number of unbranched alkanes of at least 4 members (excludes halogenated alkanes) is 3. The molecule has 114 valence electrons. The van der Waals surface area contributed by atoms with Crippen molar-refractivity contribution in [2.24, 2.45) is 0 Å². The number of aliphatic hydroxyl groups is 1. The minimum absolute atomic E-state index is 0.189. The van der Waals surface area contributed by atoms with Gasteiger partial charge in [0, 0.05) is 18.8 Å². The molecular formula is C14H24N2O3S. The van der Waals surface area contributed by atoms with E-state index < -0.39 is 10.0 Å². The summed E-state index contributed by atoms with van der Waals surface area (Å²) in [5.41, 5.74) is 7.29. The van der Waals surface area contributed by atoms with Crippen LogP contribution in [-0.4, -0.2) is 26.7 Å². The summed E-state index contributed by atoms with van der Waals surface area (Å²) in [5, 5.41) is 8.65. The van der Waals surface area contributed by atoms with Crippen molar-refractivity contribution in [2.45, 2.75) is 43.9 Å². The number of benzene rings is 1. The van der Waals surface area contributed by atoms with E-state index in [-0.39, 0.29) is 11.5 Å². The molecular weight excluding hydrogens is 276 g/mol. The lowest BCUT2D eigenvalue weighted by Gasteiger charge is -2.09. The molecule has 6 heteroatoms. The standard InChI is InChI=1S/C14H24N2O3S/c1-2-12-7-8-13(11-14(12)15)20(18,19)16-9-5-3-4-6-10-17/h7-8,11,16-17H,2-6,9-10,15H2,1H3. The van der Waals surface area contributed by atoms with Crippen LogP contribution in [0.4, 0.5) is 5.69 Å². The van der Waals surface area contributed by atoms with Crippen molar-refractivity contribution in [3.63, 3.8) is 0 Å². The van der Waals surface area contributed by atoms with Gasteiger partial charge in [-0.2, -0.15) is 0 Å². The van der Waals surface area contributed by atoms with E-state index in [1.54, 1.807) is 12.1 Å². The fourth-order valence-electron chi connectivity index (χ4n) is 1.94. The van der Waals surface area contributed by atoms with Gasteiger partial charge in [0.1, 0.15) is 0 Å². The maximum Gasteiger partial charge on any atom is 0.240 e. The molecule has 0 heterocycles. The van der Waals surface area contributed by atoms with Crippen LogP contribution in [0.25, 0.3) is 0 Å². The Hall–Kier alpha value is -1.11. The highest BCUT2D eigenvalue weighted by Crippen LogP contribution is 2.18. The van der Waals surface area contributed by atoms with Gasteiger partial charge in [-0.15, -0.1) is 0 Å². The maximum absolute atomic E-state index is 12.1. The number of anilines is 1. The highest BCUT2D eigenvalue weighted by atomic mass is 32.2. The summed E-state index contributed by atoms with van der Waals surface area (Å²) >= 11 is 0.